The molecule has 0 bridgehead atoms. The highest BCUT2D eigenvalue weighted by atomic mass is 16.5. The molecule has 0 aromatic carbocycles. The fraction of sp³-hybridized carbons (Fsp3) is 0.706. The van der Waals surface area contributed by atoms with Crippen LogP contribution in [0.15, 0.2) is 24.5 Å². The van der Waals surface area contributed by atoms with E-state index in [2.05, 4.69) is 41.0 Å². The van der Waals surface area contributed by atoms with Crippen LogP contribution in [0.5, 0.6) is 0 Å². The van der Waals surface area contributed by atoms with Gasteiger partial charge in [-0.3, -0.25) is 9.88 Å². The molecule has 2 aliphatic heterocycles. The largest absolute Gasteiger partial charge is 0.374 e. The Bertz CT molecular complexity index is 454. The molecule has 5 heteroatoms. The molecular weight excluding hydrogens is 278 g/mol. The van der Waals surface area contributed by atoms with E-state index in [1.807, 2.05) is 12.4 Å². The molecule has 0 saturated carbocycles. The highest BCUT2D eigenvalue weighted by Gasteiger charge is 2.44. The minimum Gasteiger partial charge on any atom is -0.374 e. The van der Waals surface area contributed by atoms with Gasteiger partial charge in [-0.1, -0.05) is 0 Å². The Labute approximate surface area is 133 Å². The molecule has 2 fully saturated rings. The molecule has 3 atom stereocenters. The Balaban J connectivity index is 1.61. The fourth-order valence-electron chi connectivity index (χ4n) is 3.44. The monoisotopic (exact) mass is 305 g/mol. The average Bonchev–Trinajstić information content (AvgIpc) is 2.86. The zero-order valence-corrected chi connectivity index (χ0v) is 13.6. The summed E-state index contributed by atoms with van der Waals surface area (Å²) in [6, 6.07) is 4.68. The van der Waals surface area contributed by atoms with Crippen molar-refractivity contribution in [2.24, 2.45) is 0 Å². The van der Waals surface area contributed by atoms with E-state index < -0.39 is 0 Å². The zero-order chi connectivity index (χ0) is 15.4. The van der Waals surface area contributed by atoms with Crippen molar-refractivity contribution in [3.05, 3.63) is 30.1 Å². The van der Waals surface area contributed by atoms with Crippen molar-refractivity contribution < 1.29 is 9.47 Å². The maximum Gasteiger partial charge on any atom is 0.100 e. The van der Waals surface area contributed by atoms with E-state index in [0.29, 0.717) is 6.04 Å². The van der Waals surface area contributed by atoms with Gasteiger partial charge in [-0.25, -0.2) is 0 Å². The Kier molecular flexibility index (Phi) is 5.41. The van der Waals surface area contributed by atoms with E-state index in [1.165, 1.54) is 12.0 Å². The third-order valence-electron chi connectivity index (χ3n) is 4.59. The molecule has 1 aromatic heterocycles. The Morgan fingerprint density at radius 1 is 1.36 bits per heavy atom. The molecular formula is C17H27N3O2. The molecule has 22 heavy (non-hydrogen) atoms. The minimum atomic E-state index is 0.201. The molecule has 0 unspecified atom stereocenters. The molecule has 3 heterocycles. The van der Waals surface area contributed by atoms with Gasteiger partial charge in [0.15, 0.2) is 0 Å². The lowest BCUT2D eigenvalue weighted by Crippen LogP contribution is -2.42. The van der Waals surface area contributed by atoms with E-state index in [9.17, 15) is 0 Å². The SMILES string of the molecule is CN(C)CCO[C@H]1CN(Cc2ccncc2)[C@@H]2CCCO[C@H]12. The normalized spacial score (nSPS) is 29.0. The van der Waals surface area contributed by atoms with Crippen LogP contribution >= 0.6 is 0 Å². The first-order chi connectivity index (χ1) is 10.7. The number of hydrogen-bond acceptors (Lipinski definition) is 5. The van der Waals surface area contributed by atoms with Gasteiger partial charge < -0.3 is 14.4 Å². The summed E-state index contributed by atoms with van der Waals surface area (Å²) in [4.78, 5) is 8.78. The van der Waals surface area contributed by atoms with Crippen LogP contribution in [-0.2, 0) is 16.0 Å². The van der Waals surface area contributed by atoms with E-state index >= 15 is 0 Å². The molecule has 0 aliphatic carbocycles. The summed E-state index contributed by atoms with van der Waals surface area (Å²) in [5, 5.41) is 0. The highest BCUT2D eigenvalue weighted by molar-refractivity contribution is 5.11. The third-order valence-corrected chi connectivity index (χ3v) is 4.59. The molecule has 2 aliphatic rings. The zero-order valence-electron chi connectivity index (χ0n) is 13.6. The van der Waals surface area contributed by atoms with Crippen molar-refractivity contribution in [2.75, 3.05) is 40.4 Å². The van der Waals surface area contributed by atoms with Crippen LogP contribution < -0.4 is 0 Å². The second-order valence-corrected chi connectivity index (χ2v) is 6.54. The van der Waals surface area contributed by atoms with Gasteiger partial charge in [-0.15, -0.1) is 0 Å². The number of ether oxygens (including phenoxy) is 2. The number of likely N-dealkylation sites (tertiary alicyclic amines) is 1. The van der Waals surface area contributed by atoms with Crippen molar-refractivity contribution >= 4 is 0 Å². The van der Waals surface area contributed by atoms with Gasteiger partial charge in [0.1, 0.15) is 6.10 Å². The maximum absolute atomic E-state index is 6.13. The summed E-state index contributed by atoms with van der Waals surface area (Å²) in [7, 11) is 4.15. The van der Waals surface area contributed by atoms with E-state index in [-0.39, 0.29) is 12.2 Å². The lowest BCUT2D eigenvalue weighted by Gasteiger charge is -2.32. The highest BCUT2D eigenvalue weighted by Crippen LogP contribution is 2.31. The number of fused-ring (bicyclic) bond motifs is 1. The van der Waals surface area contributed by atoms with Gasteiger partial charge in [0, 0.05) is 44.7 Å². The first-order valence-corrected chi connectivity index (χ1v) is 8.25. The molecule has 122 valence electrons. The van der Waals surface area contributed by atoms with Crippen LogP contribution in [-0.4, -0.2) is 73.4 Å². The lowest BCUT2D eigenvalue weighted by molar-refractivity contribution is -0.0787. The van der Waals surface area contributed by atoms with Crippen LogP contribution in [0.25, 0.3) is 0 Å². The number of pyridine rings is 1. The average molecular weight is 305 g/mol. The van der Waals surface area contributed by atoms with Crippen LogP contribution in [0, 0.1) is 0 Å². The number of nitrogens with zero attached hydrogens (tertiary/aromatic N) is 3. The molecule has 2 saturated heterocycles. The smallest absolute Gasteiger partial charge is 0.100 e. The summed E-state index contributed by atoms with van der Waals surface area (Å²) in [5.74, 6) is 0. The second-order valence-electron chi connectivity index (χ2n) is 6.54. The van der Waals surface area contributed by atoms with Gasteiger partial charge in [-0.05, 0) is 44.6 Å². The standard InChI is InChI=1S/C17H27N3O2/c1-19(2)9-11-21-16-13-20(12-14-5-7-18-8-6-14)15-4-3-10-22-17(15)16/h5-8,15-17H,3-4,9-13H2,1-2H3/t15-,16+,17+/m1/s1. The number of hydrogen-bond donors (Lipinski definition) is 0. The number of likely N-dealkylation sites (N-methyl/N-ethyl adjacent to an activating group) is 1. The second kappa shape index (κ2) is 7.51. The van der Waals surface area contributed by atoms with Crippen LogP contribution in [0.4, 0.5) is 0 Å². The fourth-order valence-corrected chi connectivity index (χ4v) is 3.44. The molecule has 3 rings (SSSR count). The summed E-state index contributed by atoms with van der Waals surface area (Å²) < 4.78 is 12.2. The molecule has 5 nitrogen and oxygen atoms in total. The molecule has 1 aromatic rings. The summed E-state index contributed by atoms with van der Waals surface area (Å²) in [5.41, 5.74) is 1.31. The van der Waals surface area contributed by atoms with Crippen molar-refractivity contribution in [3.63, 3.8) is 0 Å². The number of rotatable bonds is 6. The van der Waals surface area contributed by atoms with Gasteiger partial charge in [-0.2, -0.15) is 0 Å². The quantitative estimate of drug-likeness (QED) is 0.794. The van der Waals surface area contributed by atoms with Gasteiger partial charge in [0.25, 0.3) is 0 Å². The molecule has 0 amide bonds. The molecule has 0 spiro atoms. The van der Waals surface area contributed by atoms with Crippen molar-refractivity contribution in [3.8, 4) is 0 Å². The summed E-state index contributed by atoms with van der Waals surface area (Å²) in [6.07, 6.45) is 6.53. The van der Waals surface area contributed by atoms with Crippen LogP contribution in [0.2, 0.25) is 0 Å². The van der Waals surface area contributed by atoms with E-state index in [1.54, 1.807) is 0 Å². The van der Waals surface area contributed by atoms with Gasteiger partial charge in [0.05, 0.1) is 12.7 Å². The Morgan fingerprint density at radius 3 is 2.95 bits per heavy atom. The van der Waals surface area contributed by atoms with E-state index in [0.717, 1.165) is 39.3 Å². The number of aromatic nitrogens is 1. The summed E-state index contributed by atoms with van der Waals surface area (Å²) >= 11 is 0. The van der Waals surface area contributed by atoms with Crippen molar-refractivity contribution in [2.45, 2.75) is 37.6 Å². The van der Waals surface area contributed by atoms with Crippen molar-refractivity contribution in [1.82, 2.24) is 14.8 Å². The topological polar surface area (TPSA) is 37.8 Å². The van der Waals surface area contributed by atoms with Crippen LogP contribution in [0.3, 0.4) is 0 Å². The first-order valence-electron chi connectivity index (χ1n) is 8.25. The maximum atomic E-state index is 6.13. The minimum absolute atomic E-state index is 0.201. The summed E-state index contributed by atoms with van der Waals surface area (Å²) in [6.45, 7) is 4.52. The predicted octanol–water partition coefficient (Wildman–Crippen LogP) is 1.39. The Hall–Kier alpha value is -1.01. The molecule has 0 radical (unpaired) electrons. The lowest BCUT2D eigenvalue weighted by atomic mass is 10.0. The third kappa shape index (κ3) is 3.84. The predicted molar refractivity (Wildman–Crippen MR) is 85.7 cm³/mol. The first kappa shape index (κ1) is 15.9. The Morgan fingerprint density at radius 2 is 2.18 bits per heavy atom. The van der Waals surface area contributed by atoms with Crippen molar-refractivity contribution in [1.29, 1.82) is 0 Å². The van der Waals surface area contributed by atoms with Gasteiger partial charge in [0.2, 0.25) is 0 Å². The van der Waals surface area contributed by atoms with E-state index in [4.69, 9.17) is 9.47 Å². The van der Waals surface area contributed by atoms with Gasteiger partial charge >= 0.3 is 0 Å². The molecule has 0 N–H and O–H groups in total. The van der Waals surface area contributed by atoms with Crippen LogP contribution in [0.1, 0.15) is 18.4 Å².